The van der Waals surface area contributed by atoms with Gasteiger partial charge in [0.2, 0.25) is 0 Å². The Hall–Kier alpha value is -3.51. The number of ether oxygens (including phenoxy) is 1. The number of halogens is 1. The van der Waals surface area contributed by atoms with Crippen LogP contribution in [-0.2, 0) is 14.3 Å². The first-order valence-corrected chi connectivity index (χ1v) is 9.84. The van der Waals surface area contributed by atoms with Gasteiger partial charge in [0, 0.05) is 18.5 Å². The van der Waals surface area contributed by atoms with Crippen LogP contribution in [0.15, 0.2) is 72.4 Å². The standard InChI is InChI=1S/C24H19FN2O3/c25-18-10-8-17(9-11-18)21-22(26-12-14-30-15-13-26)24(29)27(23(21)28)20-7-3-5-16-4-1-2-6-19(16)20/h1-11H,12-15H2. The summed E-state index contributed by atoms with van der Waals surface area (Å²) in [4.78, 5) is 30.3. The number of fused-ring (bicyclic) bond motifs is 1. The third-order valence-corrected chi connectivity index (χ3v) is 5.53. The van der Waals surface area contributed by atoms with Gasteiger partial charge in [-0.25, -0.2) is 9.29 Å². The number of imide groups is 1. The number of hydrogen-bond acceptors (Lipinski definition) is 4. The van der Waals surface area contributed by atoms with Crippen LogP contribution in [0.4, 0.5) is 10.1 Å². The van der Waals surface area contributed by atoms with Gasteiger partial charge in [-0.3, -0.25) is 9.59 Å². The van der Waals surface area contributed by atoms with Gasteiger partial charge in [-0.1, -0.05) is 48.5 Å². The molecule has 0 saturated carbocycles. The molecule has 3 aromatic carbocycles. The lowest BCUT2D eigenvalue weighted by Gasteiger charge is -2.29. The van der Waals surface area contributed by atoms with Crippen LogP contribution >= 0.6 is 0 Å². The van der Waals surface area contributed by atoms with Crippen molar-refractivity contribution in [3.8, 4) is 0 Å². The van der Waals surface area contributed by atoms with Gasteiger partial charge in [-0.05, 0) is 29.1 Å². The summed E-state index contributed by atoms with van der Waals surface area (Å²) in [6.45, 7) is 2.00. The second kappa shape index (κ2) is 7.39. The van der Waals surface area contributed by atoms with Crippen molar-refractivity contribution in [2.75, 3.05) is 31.2 Å². The maximum absolute atomic E-state index is 13.6. The molecule has 0 bridgehead atoms. The lowest BCUT2D eigenvalue weighted by Crippen LogP contribution is -2.40. The van der Waals surface area contributed by atoms with E-state index in [-0.39, 0.29) is 5.91 Å². The molecule has 6 heteroatoms. The predicted octanol–water partition coefficient (Wildman–Crippen LogP) is 3.60. The third-order valence-electron chi connectivity index (χ3n) is 5.53. The van der Waals surface area contributed by atoms with Crippen molar-refractivity contribution >= 4 is 33.8 Å². The molecule has 0 unspecified atom stereocenters. The lowest BCUT2D eigenvalue weighted by atomic mass is 10.0. The Morgan fingerprint density at radius 2 is 1.50 bits per heavy atom. The van der Waals surface area contributed by atoms with E-state index in [1.165, 1.54) is 17.0 Å². The number of amides is 2. The summed E-state index contributed by atoms with van der Waals surface area (Å²) in [6.07, 6.45) is 0. The van der Waals surface area contributed by atoms with E-state index in [1.807, 2.05) is 41.3 Å². The highest BCUT2D eigenvalue weighted by atomic mass is 19.1. The fourth-order valence-corrected chi connectivity index (χ4v) is 4.10. The molecule has 2 heterocycles. The van der Waals surface area contributed by atoms with Gasteiger partial charge in [-0.15, -0.1) is 0 Å². The highest BCUT2D eigenvalue weighted by molar-refractivity contribution is 6.46. The Morgan fingerprint density at radius 3 is 2.27 bits per heavy atom. The van der Waals surface area contributed by atoms with Crippen LogP contribution < -0.4 is 4.90 Å². The van der Waals surface area contributed by atoms with E-state index in [0.29, 0.717) is 48.8 Å². The second-order valence-electron chi connectivity index (χ2n) is 7.27. The van der Waals surface area contributed by atoms with E-state index < -0.39 is 11.7 Å². The molecule has 5 nitrogen and oxygen atoms in total. The van der Waals surface area contributed by atoms with Crippen LogP contribution in [0.2, 0.25) is 0 Å². The van der Waals surface area contributed by atoms with Crippen LogP contribution in [-0.4, -0.2) is 43.0 Å². The molecule has 0 aromatic heterocycles. The summed E-state index contributed by atoms with van der Waals surface area (Å²) in [5.74, 6) is -1.16. The van der Waals surface area contributed by atoms with Crippen molar-refractivity contribution < 1.29 is 18.7 Å². The smallest absolute Gasteiger partial charge is 0.282 e. The minimum absolute atomic E-state index is 0.301. The fourth-order valence-electron chi connectivity index (χ4n) is 4.10. The molecule has 0 aliphatic carbocycles. The summed E-state index contributed by atoms with van der Waals surface area (Å²) in [5.41, 5.74) is 1.72. The van der Waals surface area contributed by atoms with Crippen LogP contribution in [0.1, 0.15) is 5.56 Å². The first-order valence-electron chi connectivity index (χ1n) is 9.84. The van der Waals surface area contributed by atoms with Gasteiger partial charge in [0.15, 0.2) is 0 Å². The van der Waals surface area contributed by atoms with Gasteiger partial charge >= 0.3 is 0 Å². The summed E-state index contributed by atoms with van der Waals surface area (Å²) in [5, 5.41) is 1.77. The number of benzene rings is 3. The zero-order chi connectivity index (χ0) is 20.7. The summed E-state index contributed by atoms with van der Waals surface area (Å²) in [7, 11) is 0. The molecule has 1 saturated heterocycles. The molecule has 0 atom stereocenters. The van der Waals surface area contributed by atoms with Crippen molar-refractivity contribution in [1.82, 2.24) is 4.90 Å². The number of carbonyl (C=O) groups excluding carboxylic acids is 2. The first-order chi connectivity index (χ1) is 14.6. The molecule has 0 radical (unpaired) electrons. The SMILES string of the molecule is O=C1C(c2ccc(F)cc2)=C(N2CCOCC2)C(=O)N1c1cccc2ccccc12. The van der Waals surface area contributed by atoms with E-state index in [2.05, 4.69) is 0 Å². The lowest BCUT2D eigenvalue weighted by molar-refractivity contribution is -0.121. The Kier molecular flexibility index (Phi) is 4.56. The molecule has 0 spiro atoms. The zero-order valence-corrected chi connectivity index (χ0v) is 16.2. The van der Waals surface area contributed by atoms with E-state index in [4.69, 9.17) is 4.74 Å². The Bertz CT molecular complexity index is 1180. The van der Waals surface area contributed by atoms with E-state index >= 15 is 0 Å². The summed E-state index contributed by atoms with van der Waals surface area (Å²) < 4.78 is 18.9. The van der Waals surface area contributed by atoms with E-state index in [0.717, 1.165) is 10.8 Å². The largest absolute Gasteiger partial charge is 0.378 e. The number of carbonyl (C=O) groups is 2. The van der Waals surface area contributed by atoms with Crippen LogP contribution in [0.5, 0.6) is 0 Å². The first kappa shape index (κ1) is 18.5. The van der Waals surface area contributed by atoms with Crippen LogP contribution in [0, 0.1) is 5.82 Å². The molecule has 2 aliphatic heterocycles. The predicted molar refractivity (Wildman–Crippen MR) is 112 cm³/mol. The highest BCUT2D eigenvalue weighted by Gasteiger charge is 2.43. The highest BCUT2D eigenvalue weighted by Crippen LogP contribution is 2.37. The number of morpholine rings is 1. The minimum atomic E-state index is -0.399. The molecular weight excluding hydrogens is 383 g/mol. The Balaban J connectivity index is 1.67. The quantitative estimate of drug-likeness (QED) is 0.629. The van der Waals surface area contributed by atoms with Gasteiger partial charge in [0.1, 0.15) is 11.5 Å². The normalized spacial score (nSPS) is 17.4. The van der Waals surface area contributed by atoms with Gasteiger partial charge in [0.05, 0.1) is 24.5 Å². The topological polar surface area (TPSA) is 49.9 Å². The van der Waals surface area contributed by atoms with Crippen LogP contribution in [0.25, 0.3) is 16.3 Å². The van der Waals surface area contributed by atoms with Gasteiger partial charge < -0.3 is 9.64 Å². The molecule has 30 heavy (non-hydrogen) atoms. The second-order valence-corrected chi connectivity index (χ2v) is 7.27. The molecule has 150 valence electrons. The van der Waals surface area contributed by atoms with E-state index in [1.54, 1.807) is 18.2 Å². The van der Waals surface area contributed by atoms with Crippen LogP contribution in [0.3, 0.4) is 0 Å². The van der Waals surface area contributed by atoms with Crippen molar-refractivity contribution in [1.29, 1.82) is 0 Å². The summed E-state index contributed by atoms with van der Waals surface area (Å²) >= 11 is 0. The third kappa shape index (κ3) is 2.97. The molecular formula is C24H19FN2O3. The molecule has 3 aromatic rings. The molecule has 0 N–H and O–H groups in total. The minimum Gasteiger partial charge on any atom is -0.378 e. The van der Waals surface area contributed by atoms with Crippen molar-refractivity contribution in [2.45, 2.75) is 0 Å². The maximum atomic E-state index is 13.6. The number of rotatable bonds is 3. The fraction of sp³-hybridized carbons (Fsp3) is 0.167. The molecule has 5 rings (SSSR count). The monoisotopic (exact) mass is 402 g/mol. The number of hydrogen-bond donors (Lipinski definition) is 0. The molecule has 1 fully saturated rings. The molecule has 2 aliphatic rings. The van der Waals surface area contributed by atoms with Crippen molar-refractivity contribution in [3.63, 3.8) is 0 Å². The Morgan fingerprint density at radius 1 is 0.800 bits per heavy atom. The van der Waals surface area contributed by atoms with Crippen molar-refractivity contribution in [2.24, 2.45) is 0 Å². The number of nitrogens with zero attached hydrogens (tertiary/aromatic N) is 2. The average Bonchev–Trinajstić information content (AvgIpc) is 3.04. The molecule has 2 amide bonds. The van der Waals surface area contributed by atoms with Crippen molar-refractivity contribution in [3.05, 3.63) is 83.8 Å². The average molecular weight is 402 g/mol. The zero-order valence-electron chi connectivity index (χ0n) is 16.2. The maximum Gasteiger partial charge on any atom is 0.282 e. The number of anilines is 1. The Labute approximate surface area is 173 Å². The van der Waals surface area contributed by atoms with E-state index in [9.17, 15) is 14.0 Å². The summed E-state index contributed by atoms with van der Waals surface area (Å²) in [6, 6.07) is 18.9. The van der Waals surface area contributed by atoms with Gasteiger partial charge in [0.25, 0.3) is 11.8 Å². The van der Waals surface area contributed by atoms with Gasteiger partial charge in [-0.2, -0.15) is 0 Å².